The van der Waals surface area contributed by atoms with E-state index in [4.69, 9.17) is 25.8 Å². The number of hydrogen-bond acceptors (Lipinski definition) is 6. The third kappa shape index (κ3) is 4.77. The third-order valence-corrected chi connectivity index (χ3v) is 10.3. The van der Waals surface area contributed by atoms with Crippen LogP contribution in [0.1, 0.15) is 33.1 Å². The van der Waals surface area contributed by atoms with E-state index in [1.54, 1.807) is 29.2 Å². The average Bonchev–Trinajstić information content (AvgIpc) is 3.64. The predicted molar refractivity (Wildman–Crippen MR) is 160 cm³/mol. The molecule has 5 aliphatic rings. The minimum Gasteiger partial charge on any atom is -0.486 e. The Morgan fingerprint density at radius 1 is 1.05 bits per heavy atom. The van der Waals surface area contributed by atoms with Crippen molar-refractivity contribution in [3.63, 3.8) is 0 Å². The first kappa shape index (κ1) is 28.2. The molecular formula is C33H36ClN3O6. The van der Waals surface area contributed by atoms with E-state index in [1.807, 2.05) is 36.4 Å². The first-order valence-corrected chi connectivity index (χ1v) is 15.6. The smallest absolute Gasteiger partial charge is 0.246 e. The Hall–Kier alpha value is -3.56. The standard InChI is InChI=1S/C33H36ClN3O6/c1-18-6-5-7-23(19(18)2)36-31(39)29-33-15-14-26(43-33)27(30(38)35-21-12-10-20(34)11-13-21)28(33)32(40)37(29)16-22-17-41-24-8-3-4-9-25(24)42-22/h3-4,8-15,18-19,22-23,26-29H,5-7,16-17H2,1-2H3,(H,35,38)(H,36,39)/t18-,19-,22-,23+,26-,27-,28-,29+,33+/m1/s1. The molecule has 7 rings (SSSR count). The van der Waals surface area contributed by atoms with Crippen LogP contribution in [-0.4, -0.2) is 65.7 Å². The largest absolute Gasteiger partial charge is 0.486 e. The number of ether oxygens (including phenoxy) is 3. The summed E-state index contributed by atoms with van der Waals surface area (Å²) in [5.74, 6) is -0.530. The number of likely N-dealkylation sites (tertiary alicyclic amines) is 1. The van der Waals surface area contributed by atoms with E-state index in [9.17, 15) is 14.4 Å². The number of rotatable bonds is 6. The molecule has 4 aliphatic heterocycles. The molecule has 0 radical (unpaired) electrons. The van der Waals surface area contributed by atoms with Crippen LogP contribution < -0.4 is 20.1 Å². The van der Waals surface area contributed by atoms with Crippen molar-refractivity contribution in [1.82, 2.24) is 10.2 Å². The molecule has 3 amide bonds. The zero-order chi connectivity index (χ0) is 29.9. The van der Waals surface area contributed by atoms with Gasteiger partial charge in [-0.1, -0.05) is 62.6 Å². The van der Waals surface area contributed by atoms with Crippen molar-refractivity contribution in [3.8, 4) is 11.5 Å². The number of carbonyl (C=O) groups is 3. The van der Waals surface area contributed by atoms with E-state index in [0.29, 0.717) is 34.0 Å². The van der Waals surface area contributed by atoms with Crippen LogP contribution in [-0.2, 0) is 19.1 Å². The van der Waals surface area contributed by atoms with Gasteiger partial charge in [-0.2, -0.15) is 0 Å². The first-order chi connectivity index (χ1) is 20.7. The van der Waals surface area contributed by atoms with Gasteiger partial charge in [-0.25, -0.2) is 0 Å². The summed E-state index contributed by atoms with van der Waals surface area (Å²) in [4.78, 5) is 43.9. The van der Waals surface area contributed by atoms with Crippen LogP contribution in [0.3, 0.4) is 0 Å². The summed E-state index contributed by atoms with van der Waals surface area (Å²) in [6.45, 7) is 4.74. The lowest BCUT2D eigenvalue weighted by molar-refractivity contribution is -0.143. The Labute approximate surface area is 255 Å². The van der Waals surface area contributed by atoms with Crippen LogP contribution in [0, 0.1) is 23.7 Å². The number of nitrogens with zero attached hydrogens (tertiary/aromatic N) is 1. The number of para-hydroxylation sites is 2. The van der Waals surface area contributed by atoms with Crippen molar-refractivity contribution in [3.05, 3.63) is 65.7 Å². The van der Waals surface area contributed by atoms with Crippen molar-refractivity contribution in [2.75, 3.05) is 18.5 Å². The van der Waals surface area contributed by atoms with E-state index < -0.39 is 35.7 Å². The van der Waals surface area contributed by atoms with Gasteiger partial charge in [-0.15, -0.1) is 0 Å². The Morgan fingerprint density at radius 3 is 2.60 bits per heavy atom. The summed E-state index contributed by atoms with van der Waals surface area (Å²) in [6.07, 6.45) is 5.59. The zero-order valence-corrected chi connectivity index (χ0v) is 25.0. The topological polar surface area (TPSA) is 106 Å². The lowest BCUT2D eigenvalue weighted by Crippen LogP contribution is -2.59. The Bertz CT molecular complexity index is 1460. The fraction of sp³-hybridized carbons (Fsp3) is 0.485. The maximum Gasteiger partial charge on any atom is 0.246 e. The number of nitrogens with one attached hydrogen (secondary N) is 2. The van der Waals surface area contributed by atoms with Gasteiger partial charge in [0.2, 0.25) is 17.7 Å². The number of amides is 3. The molecule has 1 aliphatic carbocycles. The van der Waals surface area contributed by atoms with Crippen molar-refractivity contribution < 1.29 is 28.6 Å². The van der Waals surface area contributed by atoms with Gasteiger partial charge in [0.25, 0.3) is 0 Å². The molecule has 2 bridgehead atoms. The van der Waals surface area contributed by atoms with E-state index in [-0.39, 0.29) is 36.9 Å². The molecule has 0 aromatic heterocycles. The fourth-order valence-electron chi connectivity index (χ4n) is 7.64. The van der Waals surface area contributed by atoms with Crippen LogP contribution in [0.25, 0.3) is 0 Å². The summed E-state index contributed by atoms with van der Waals surface area (Å²) in [5, 5.41) is 6.77. The maximum absolute atomic E-state index is 14.4. The molecular weight excluding hydrogens is 570 g/mol. The molecule has 226 valence electrons. The molecule has 2 N–H and O–H groups in total. The van der Waals surface area contributed by atoms with Crippen LogP contribution in [0.5, 0.6) is 11.5 Å². The normalized spacial score (nSPS) is 35.5. The van der Waals surface area contributed by atoms with Crippen molar-refractivity contribution in [1.29, 1.82) is 0 Å². The lowest BCUT2D eigenvalue weighted by atomic mass is 9.73. The summed E-state index contributed by atoms with van der Waals surface area (Å²) in [7, 11) is 0. The van der Waals surface area contributed by atoms with E-state index in [0.717, 1.165) is 19.3 Å². The predicted octanol–water partition coefficient (Wildman–Crippen LogP) is 4.21. The van der Waals surface area contributed by atoms with Gasteiger partial charge in [0, 0.05) is 16.8 Å². The van der Waals surface area contributed by atoms with Crippen molar-refractivity contribution >= 4 is 35.0 Å². The molecule has 9 nitrogen and oxygen atoms in total. The first-order valence-electron chi connectivity index (χ1n) is 15.2. The van der Waals surface area contributed by atoms with Gasteiger partial charge in [-0.3, -0.25) is 14.4 Å². The number of fused-ring (bicyclic) bond motifs is 2. The monoisotopic (exact) mass is 605 g/mol. The van der Waals surface area contributed by atoms with Gasteiger partial charge in [0.05, 0.1) is 24.5 Å². The van der Waals surface area contributed by atoms with Gasteiger partial charge in [0.15, 0.2) is 17.6 Å². The second kappa shape index (κ2) is 10.9. The number of halogens is 1. The van der Waals surface area contributed by atoms with Crippen LogP contribution >= 0.6 is 11.6 Å². The maximum atomic E-state index is 14.4. The SMILES string of the molecule is C[C@@H]1[C@H](C)CCC[C@@H]1NC(=O)[C@@H]1N(C[C@@H]2COc3ccccc3O2)C(=O)[C@H]2[C@H](C(=O)Nc3ccc(Cl)cc3)[C@H]3C=C[C@@]12O3. The Kier molecular flexibility index (Phi) is 7.13. The van der Waals surface area contributed by atoms with Crippen LogP contribution in [0.15, 0.2) is 60.7 Å². The average molecular weight is 606 g/mol. The molecule has 2 aromatic carbocycles. The van der Waals surface area contributed by atoms with Crippen molar-refractivity contribution in [2.24, 2.45) is 23.7 Å². The number of anilines is 1. The van der Waals surface area contributed by atoms with Gasteiger partial charge < -0.3 is 29.7 Å². The van der Waals surface area contributed by atoms with E-state index in [2.05, 4.69) is 24.5 Å². The molecule has 4 heterocycles. The lowest BCUT2D eigenvalue weighted by Gasteiger charge is -2.38. The highest BCUT2D eigenvalue weighted by Gasteiger charge is 2.73. The summed E-state index contributed by atoms with van der Waals surface area (Å²) < 4.78 is 18.6. The minimum absolute atomic E-state index is 0.00336. The van der Waals surface area contributed by atoms with Crippen LogP contribution in [0.2, 0.25) is 5.02 Å². The van der Waals surface area contributed by atoms with Gasteiger partial charge in [-0.05, 0) is 54.7 Å². The molecule has 9 atom stereocenters. The Morgan fingerprint density at radius 2 is 1.81 bits per heavy atom. The van der Waals surface area contributed by atoms with Gasteiger partial charge >= 0.3 is 0 Å². The molecule has 43 heavy (non-hydrogen) atoms. The molecule has 1 spiro atoms. The van der Waals surface area contributed by atoms with E-state index >= 15 is 0 Å². The highest BCUT2D eigenvalue weighted by Crippen LogP contribution is 2.55. The number of carbonyl (C=O) groups excluding carboxylic acids is 3. The van der Waals surface area contributed by atoms with Crippen molar-refractivity contribution in [2.45, 2.75) is 63.0 Å². The molecule has 1 saturated carbocycles. The second-order valence-corrected chi connectivity index (χ2v) is 13.0. The Balaban J connectivity index is 1.19. The third-order valence-electron chi connectivity index (χ3n) is 10.0. The highest BCUT2D eigenvalue weighted by atomic mass is 35.5. The van der Waals surface area contributed by atoms with Gasteiger partial charge in [0.1, 0.15) is 18.2 Å². The van der Waals surface area contributed by atoms with Crippen LogP contribution in [0.4, 0.5) is 5.69 Å². The molecule has 0 unspecified atom stereocenters. The second-order valence-electron chi connectivity index (χ2n) is 12.6. The quantitative estimate of drug-likeness (QED) is 0.478. The zero-order valence-electron chi connectivity index (χ0n) is 24.2. The minimum atomic E-state index is -1.26. The summed E-state index contributed by atoms with van der Waals surface area (Å²) >= 11 is 6.03. The molecule has 3 fully saturated rings. The number of hydrogen-bond donors (Lipinski definition) is 2. The van der Waals surface area contributed by atoms with E-state index in [1.165, 1.54) is 0 Å². The summed E-state index contributed by atoms with van der Waals surface area (Å²) in [5.41, 5.74) is -0.691. The molecule has 10 heteroatoms. The molecule has 2 aromatic rings. The molecule has 2 saturated heterocycles. The fourth-order valence-corrected chi connectivity index (χ4v) is 7.77. The summed E-state index contributed by atoms with van der Waals surface area (Å²) in [6, 6.07) is 13.2. The highest BCUT2D eigenvalue weighted by molar-refractivity contribution is 6.30. The number of benzene rings is 2.